The lowest BCUT2D eigenvalue weighted by molar-refractivity contribution is 0.427. The van der Waals surface area contributed by atoms with E-state index in [-0.39, 0.29) is 0 Å². The molecule has 0 aromatic carbocycles. The quantitative estimate of drug-likeness (QED) is 0.467. The van der Waals surface area contributed by atoms with Crippen LogP contribution in [0, 0.1) is 12.3 Å². The summed E-state index contributed by atoms with van der Waals surface area (Å²) in [5.74, 6) is 0. The highest BCUT2D eigenvalue weighted by atomic mass is 14.1. The Hall–Kier alpha value is 0. The van der Waals surface area contributed by atoms with Crippen molar-refractivity contribution in [2.24, 2.45) is 5.41 Å². The summed E-state index contributed by atoms with van der Waals surface area (Å²) in [7, 11) is 0. The van der Waals surface area contributed by atoms with E-state index in [9.17, 15) is 0 Å². The average Bonchev–Trinajstić information content (AvgIpc) is 1.30. The molecule has 0 rings (SSSR count). The summed E-state index contributed by atoms with van der Waals surface area (Å²) in [5, 5.41) is 0. The maximum absolute atomic E-state index is 3.96. The highest BCUT2D eigenvalue weighted by molar-refractivity contribution is 4.68. The molecule has 0 aromatic rings. The Morgan fingerprint density at radius 2 is 1.86 bits per heavy atom. The highest BCUT2D eigenvalue weighted by Gasteiger charge is 1.97. The third-order valence-corrected chi connectivity index (χ3v) is 0.927. The van der Waals surface area contributed by atoms with Gasteiger partial charge in [0.25, 0.3) is 0 Å². The van der Waals surface area contributed by atoms with E-state index in [4.69, 9.17) is 0 Å². The Bertz CT molecular complexity index is 38.5. The first-order valence-electron chi connectivity index (χ1n) is 2.91. The van der Waals surface area contributed by atoms with Crippen molar-refractivity contribution < 1.29 is 0 Å². The molecular formula is C7H15-. The maximum atomic E-state index is 3.96. The Balaban J connectivity index is 3.15. The smallest absolute Gasteiger partial charge is 0.0581 e. The predicted octanol–water partition coefficient (Wildman–Crippen LogP) is 2.65. The van der Waals surface area contributed by atoms with Crippen molar-refractivity contribution in [1.82, 2.24) is 0 Å². The molecule has 0 aromatic heterocycles. The molecule has 0 nitrogen and oxygen atoms in total. The van der Waals surface area contributed by atoms with Gasteiger partial charge in [0.05, 0.1) is 0 Å². The zero-order valence-corrected chi connectivity index (χ0v) is 5.62. The minimum atomic E-state index is 0.300. The first kappa shape index (κ1) is 7.00. The summed E-state index contributed by atoms with van der Waals surface area (Å²) in [5.41, 5.74) is 0.300. The van der Waals surface area contributed by atoms with Gasteiger partial charge in [0, 0.05) is 0 Å². The van der Waals surface area contributed by atoms with Crippen molar-refractivity contribution in [3.8, 4) is 0 Å². The van der Waals surface area contributed by atoms with Gasteiger partial charge in [0.1, 0.15) is 0 Å². The molecule has 0 radical (unpaired) electrons. The third kappa shape index (κ3) is 6.00. The molecule has 0 N–H and O–H groups in total. The van der Waals surface area contributed by atoms with E-state index in [0.717, 1.165) is 0 Å². The second kappa shape index (κ2) is 2.34. The molecule has 0 unspecified atom stereocenters. The van der Waals surface area contributed by atoms with Crippen molar-refractivity contribution in [3.05, 3.63) is 6.92 Å². The Labute approximate surface area is 46.9 Å². The minimum Gasteiger partial charge on any atom is -0.338 e. The molecule has 44 valence electrons. The van der Waals surface area contributed by atoms with E-state index in [1.807, 2.05) is 0 Å². The summed E-state index contributed by atoms with van der Waals surface area (Å²) >= 11 is 0. The van der Waals surface area contributed by atoms with Crippen LogP contribution in [0.4, 0.5) is 0 Å². The summed E-state index contributed by atoms with van der Waals surface area (Å²) in [6, 6.07) is 0. The second-order valence-electron chi connectivity index (χ2n) is 2.91. The first-order valence-corrected chi connectivity index (χ1v) is 2.91. The molecule has 7 heavy (non-hydrogen) atoms. The van der Waals surface area contributed by atoms with Gasteiger partial charge >= 0.3 is 0 Å². The largest absolute Gasteiger partial charge is 0.338 e. The molecule has 0 saturated heterocycles. The molecule has 0 amide bonds. The van der Waals surface area contributed by atoms with E-state index < -0.39 is 0 Å². The zero-order valence-electron chi connectivity index (χ0n) is 5.62. The summed E-state index contributed by atoms with van der Waals surface area (Å²) in [4.78, 5) is 0. The van der Waals surface area contributed by atoms with Gasteiger partial charge in [-0.15, -0.1) is 0 Å². The van der Waals surface area contributed by atoms with Crippen LogP contribution in [0.15, 0.2) is 0 Å². The molecular weight excluding hydrogens is 84.1 g/mol. The summed E-state index contributed by atoms with van der Waals surface area (Å²) in [6.45, 7) is 10.5. The van der Waals surface area contributed by atoms with E-state index >= 15 is 0 Å². The Kier molecular flexibility index (Phi) is 2.34. The molecule has 0 aliphatic rings. The van der Waals surface area contributed by atoms with Crippen LogP contribution in [0.1, 0.15) is 33.6 Å². The molecule has 0 atom stereocenters. The van der Waals surface area contributed by atoms with Gasteiger partial charge in [-0.3, -0.25) is 0 Å². The highest BCUT2D eigenvalue weighted by Crippen LogP contribution is 2.18. The van der Waals surface area contributed by atoms with E-state index in [1.165, 1.54) is 12.8 Å². The van der Waals surface area contributed by atoms with Gasteiger partial charge in [-0.25, -0.2) is 0 Å². The van der Waals surface area contributed by atoms with Crippen LogP contribution >= 0.6 is 0 Å². The fourth-order valence-corrected chi connectivity index (χ4v) is 0.677. The predicted molar refractivity (Wildman–Crippen MR) is 34.0 cm³/mol. The van der Waals surface area contributed by atoms with Crippen molar-refractivity contribution in [3.63, 3.8) is 0 Å². The lowest BCUT2D eigenvalue weighted by Crippen LogP contribution is -2.03. The standard InChI is InChI=1S/C7H15/c1-5-6-7(2,3)4/h2,5-6H2,1,3-4H3/q-1. The summed E-state index contributed by atoms with van der Waals surface area (Å²) in [6.07, 6.45) is 2.48. The Morgan fingerprint density at radius 3 is 1.86 bits per heavy atom. The topological polar surface area (TPSA) is 0 Å². The van der Waals surface area contributed by atoms with Crippen LogP contribution in [0.5, 0.6) is 0 Å². The van der Waals surface area contributed by atoms with Crippen molar-refractivity contribution in [2.75, 3.05) is 0 Å². The minimum absolute atomic E-state index is 0.300. The number of rotatable bonds is 2. The molecule has 0 spiro atoms. The van der Waals surface area contributed by atoms with Crippen LogP contribution in [-0.2, 0) is 0 Å². The van der Waals surface area contributed by atoms with Gasteiger partial charge in [-0.05, 0) is 0 Å². The molecule has 0 aliphatic carbocycles. The molecule has 0 heteroatoms. The van der Waals surface area contributed by atoms with Crippen LogP contribution in [-0.4, -0.2) is 0 Å². The SMILES string of the molecule is [CH2-]C(C)(C)CCC. The van der Waals surface area contributed by atoms with Crippen LogP contribution in [0.3, 0.4) is 0 Å². The molecule has 0 heterocycles. The molecule has 0 aliphatic heterocycles. The van der Waals surface area contributed by atoms with Gasteiger partial charge < -0.3 is 6.92 Å². The van der Waals surface area contributed by atoms with Crippen LogP contribution in [0.2, 0.25) is 0 Å². The number of hydrogen-bond acceptors (Lipinski definition) is 0. The zero-order chi connectivity index (χ0) is 5.91. The first-order chi connectivity index (χ1) is 3.06. The van der Waals surface area contributed by atoms with Crippen molar-refractivity contribution in [1.29, 1.82) is 0 Å². The van der Waals surface area contributed by atoms with E-state index in [1.54, 1.807) is 0 Å². The lowest BCUT2D eigenvalue weighted by Gasteiger charge is -2.24. The molecule has 0 fully saturated rings. The van der Waals surface area contributed by atoms with Gasteiger partial charge in [0.2, 0.25) is 0 Å². The average molecular weight is 99.2 g/mol. The molecule has 0 saturated carbocycles. The second-order valence-corrected chi connectivity index (χ2v) is 2.91. The van der Waals surface area contributed by atoms with E-state index in [0.29, 0.717) is 5.41 Å². The van der Waals surface area contributed by atoms with Gasteiger partial charge in [-0.1, -0.05) is 33.6 Å². The lowest BCUT2D eigenvalue weighted by atomic mass is 9.91. The fraction of sp³-hybridized carbons (Fsp3) is 0.857. The van der Waals surface area contributed by atoms with E-state index in [2.05, 4.69) is 27.7 Å². The Morgan fingerprint density at radius 1 is 1.43 bits per heavy atom. The maximum Gasteiger partial charge on any atom is -0.0581 e. The summed E-state index contributed by atoms with van der Waals surface area (Å²) < 4.78 is 0. The monoisotopic (exact) mass is 99.1 g/mol. The fourth-order valence-electron chi connectivity index (χ4n) is 0.677. The molecule has 0 bridgehead atoms. The van der Waals surface area contributed by atoms with Gasteiger partial charge in [0.15, 0.2) is 0 Å². The van der Waals surface area contributed by atoms with Gasteiger partial charge in [-0.2, -0.15) is 5.41 Å². The third-order valence-electron chi connectivity index (χ3n) is 0.927. The van der Waals surface area contributed by atoms with Crippen molar-refractivity contribution in [2.45, 2.75) is 33.6 Å². The normalized spacial score (nSPS) is 12.0. The van der Waals surface area contributed by atoms with Crippen molar-refractivity contribution >= 4 is 0 Å². The number of hydrogen-bond donors (Lipinski definition) is 0. The van der Waals surface area contributed by atoms with Crippen LogP contribution in [0.25, 0.3) is 0 Å². The van der Waals surface area contributed by atoms with Crippen LogP contribution < -0.4 is 0 Å².